The van der Waals surface area contributed by atoms with Crippen molar-refractivity contribution in [2.75, 3.05) is 0 Å². The van der Waals surface area contributed by atoms with Crippen molar-refractivity contribution in [3.05, 3.63) is 41.4 Å². The van der Waals surface area contributed by atoms with E-state index in [9.17, 15) is 0 Å². The summed E-state index contributed by atoms with van der Waals surface area (Å²) < 4.78 is 2.20. The molecule has 0 N–H and O–H groups in total. The lowest BCUT2D eigenvalue weighted by molar-refractivity contribution is 0.752. The van der Waals surface area contributed by atoms with Gasteiger partial charge in [-0.2, -0.15) is 5.26 Å². The molecule has 0 aliphatic heterocycles. The van der Waals surface area contributed by atoms with E-state index in [0.29, 0.717) is 0 Å². The van der Waals surface area contributed by atoms with Crippen LogP contribution in [0, 0.1) is 17.8 Å². The van der Waals surface area contributed by atoms with Crippen LogP contribution < -0.4 is 0 Å². The molecule has 1 aliphatic rings. The molecule has 0 saturated heterocycles. The minimum absolute atomic E-state index is 0.786. The minimum Gasteiger partial charge on any atom is -0.346 e. The van der Waals surface area contributed by atoms with E-state index in [4.69, 9.17) is 5.26 Å². The van der Waals surface area contributed by atoms with Gasteiger partial charge in [0, 0.05) is 18.1 Å². The van der Waals surface area contributed by atoms with E-state index >= 15 is 0 Å². The molecule has 1 radical (unpaired) electrons. The number of benzene rings is 1. The predicted molar refractivity (Wildman–Crippen MR) is 64.0 cm³/mol. The highest BCUT2D eigenvalue weighted by atomic mass is 15.0. The first-order chi connectivity index (χ1) is 7.83. The fraction of sp³-hybridized carbons (Fsp3) is 0.286. The molecule has 0 spiro atoms. The standard InChI is InChI=1S/C14H13N2/c1-16-13-8-3-2-6-11(13)12-7-4-5-10(9-15)14(12)16/h2,4-5,7H,3,6,8H2,1H3. The van der Waals surface area contributed by atoms with Crippen molar-refractivity contribution in [2.24, 2.45) is 7.05 Å². The van der Waals surface area contributed by atoms with Crippen molar-refractivity contribution in [2.45, 2.75) is 19.3 Å². The average Bonchev–Trinajstić information content (AvgIpc) is 2.64. The fourth-order valence-corrected chi connectivity index (χ4v) is 2.76. The van der Waals surface area contributed by atoms with Gasteiger partial charge in [0.1, 0.15) is 6.07 Å². The van der Waals surface area contributed by atoms with Crippen LogP contribution in [0.2, 0.25) is 0 Å². The predicted octanol–water partition coefficient (Wildman–Crippen LogP) is 2.74. The zero-order valence-electron chi connectivity index (χ0n) is 9.33. The van der Waals surface area contributed by atoms with Crippen molar-refractivity contribution < 1.29 is 0 Å². The second kappa shape index (κ2) is 3.38. The maximum atomic E-state index is 9.15. The molecule has 0 unspecified atom stereocenters. The number of rotatable bonds is 0. The summed E-state index contributed by atoms with van der Waals surface area (Å²) in [5.74, 6) is 0. The largest absolute Gasteiger partial charge is 0.346 e. The van der Waals surface area contributed by atoms with Crippen LogP contribution in [0.4, 0.5) is 0 Å². The van der Waals surface area contributed by atoms with E-state index in [-0.39, 0.29) is 0 Å². The number of hydrogen-bond acceptors (Lipinski definition) is 1. The van der Waals surface area contributed by atoms with Gasteiger partial charge >= 0.3 is 0 Å². The van der Waals surface area contributed by atoms with Crippen LogP contribution in [0.1, 0.15) is 23.2 Å². The van der Waals surface area contributed by atoms with Crippen LogP contribution in [-0.4, -0.2) is 4.57 Å². The molecule has 0 saturated carbocycles. The summed E-state index contributed by atoms with van der Waals surface area (Å²) in [4.78, 5) is 0. The Balaban J connectivity index is 2.45. The zero-order valence-corrected chi connectivity index (χ0v) is 9.33. The third-order valence-corrected chi connectivity index (χ3v) is 3.50. The molecular formula is C14H13N2. The molecule has 0 atom stereocenters. The molecule has 2 aromatic rings. The van der Waals surface area contributed by atoms with Gasteiger partial charge in [0.2, 0.25) is 0 Å². The maximum absolute atomic E-state index is 9.15. The van der Waals surface area contributed by atoms with E-state index in [2.05, 4.69) is 30.2 Å². The normalized spacial score (nSPS) is 14.8. The highest BCUT2D eigenvalue weighted by Gasteiger charge is 2.19. The highest BCUT2D eigenvalue weighted by Crippen LogP contribution is 2.32. The average molecular weight is 209 g/mol. The van der Waals surface area contributed by atoms with Gasteiger partial charge in [0.15, 0.2) is 0 Å². The first kappa shape index (κ1) is 9.47. The summed E-state index contributed by atoms with van der Waals surface area (Å²) in [5, 5.41) is 10.4. The molecule has 2 nitrogen and oxygen atoms in total. The number of fused-ring (bicyclic) bond motifs is 3. The maximum Gasteiger partial charge on any atom is 0.101 e. The Morgan fingerprint density at radius 1 is 1.38 bits per heavy atom. The Hall–Kier alpha value is -1.75. The van der Waals surface area contributed by atoms with Crippen LogP contribution in [0.5, 0.6) is 0 Å². The van der Waals surface area contributed by atoms with Gasteiger partial charge in [0.25, 0.3) is 0 Å². The molecule has 1 aliphatic carbocycles. The molecule has 16 heavy (non-hydrogen) atoms. The Labute approximate surface area is 95.1 Å². The molecule has 0 fully saturated rings. The first-order valence-corrected chi connectivity index (χ1v) is 5.64. The molecule has 1 aromatic carbocycles. The lowest BCUT2D eigenvalue weighted by atomic mass is 9.95. The van der Waals surface area contributed by atoms with E-state index in [1.807, 2.05) is 12.1 Å². The van der Waals surface area contributed by atoms with E-state index in [1.54, 1.807) is 0 Å². The second-order valence-corrected chi connectivity index (χ2v) is 4.33. The SMILES string of the molecule is Cn1c2c(c3cccc(C#N)c31)C[CH]CC2. The van der Waals surface area contributed by atoms with Gasteiger partial charge in [-0.1, -0.05) is 12.1 Å². The third-order valence-electron chi connectivity index (χ3n) is 3.50. The number of para-hydroxylation sites is 1. The first-order valence-electron chi connectivity index (χ1n) is 5.64. The van der Waals surface area contributed by atoms with Crippen LogP contribution in [0.25, 0.3) is 10.9 Å². The van der Waals surface area contributed by atoms with Crippen molar-refractivity contribution >= 4 is 10.9 Å². The summed E-state index contributed by atoms with van der Waals surface area (Å²) in [6, 6.07) is 8.30. The molecule has 0 amide bonds. The summed E-state index contributed by atoms with van der Waals surface area (Å²) in [7, 11) is 2.08. The molecule has 0 bridgehead atoms. The van der Waals surface area contributed by atoms with E-state index in [0.717, 1.165) is 30.3 Å². The number of aryl methyl sites for hydroxylation is 1. The topological polar surface area (TPSA) is 28.7 Å². The number of nitrogens with zero attached hydrogens (tertiary/aromatic N) is 2. The fourth-order valence-electron chi connectivity index (χ4n) is 2.76. The monoisotopic (exact) mass is 209 g/mol. The molecule has 1 heterocycles. The van der Waals surface area contributed by atoms with Crippen LogP contribution in [0.3, 0.4) is 0 Å². The lowest BCUT2D eigenvalue weighted by Crippen LogP contribution is -2.05. The van der Waals surface area contributed by atoms with Crippen LogP contribution >= 0.6 is 0 Å². The van der Waals surface area contributed by atoms with Gasteiger partial charge in [-0.25, -0.2) is 0 Å². The Morgan fingerprint density at radius 2 is 2.25 bits per heavy atom. The third kappa shape index (κ3) is 1.12. The quantitative estimate of drug-likeness (QED) is 0.655. The molecule has 2 heteroatoms. The van der Waals surface area contributed by atoms with E-state index < -0.39 is 0 Å². The molecular weight excluding hydrogens is 196 g/mol. The molecule has 1 aromatic heterocycles. The summed E-state index contributed by atoms with van der Waals surface area (Å²) in [6.45, 7) is 0. The van der Waals surface area contributed by atoms with E-state index in [1.165, 1.54) is 16.6 Å². The molecule has 79 valence electrons. The van der Waals surface area contributed by atoms with Gasteiger partial charge in [-0.3, -0.25) is 0 Å². The van der Waals surface area contributed by atoms with Crippen molar-refractivity contribution in [3.63, 3.8) is 0 Å². The lowest BCUT2D eigenvalue weighted by Gasteiger charge is -2.12. The number of aromatic nitrogens is 1. The Kier molecular flexibility index (Phi) is 2.00. The number of hydrogen-bond donors (Lipinski definition) is 0. The van der Waals surface area contributed by atoms with Gasteiger partial charge < -0.3 is 4.57 Å². The van der Waals surface area contributed by atoms with Crippen LogP contribution in [0.15, 0.2) is 18.2 Å². The Morgan fingerprint density at radius 3 is 3.06 bits per heavy atom. The van der Waals surface area contributed by atoms with Crippen molar-refractivity contribution in [3.8, 4) is 6.07 Å². The van der Waals surface area contributed by atoms with Gasteiger partial charge in [0.05, 0.1) is 11.1 Å². The summed E-state index contributed by atoms with van der Waals surface area (Å²) in [6.07, 6.45) is 5.63. The highest BCUT2D eigenvalue weighted by molar-refractivity contribution is 5.90. The smallest absolute Gasteiger partial charge is 0.101 e. The zero-order chi connectivity index (χ0) is 11.1. The number of nitriles is 1. The minimum atomic E-state index is 0.786. The van der Waals surface area contributed by atoms with Gasteiger partial charge in [-0.05, 0) is 37.3 Å². The van der Waals surface area contributed by atoms with Crippen molar-refractivity contribution in [1.29, 1.82) is 5.26 Å². The van der Waals surface area contributed by atoms with Crippen molar-refractivity contribution in [1.82, 2.24) is 4.57 Å². The Bertz CT molecular complexity index is 599. The molecule has 3 rings (SSSR count). The summed E-state index contributed by atoms with van der Waals surface area (Å²) in [5.41, 5.74) is 4.71. The second-order valence-electron chi connectivity index (χ2n) is 4.33. The van der Waals surface area contributed by atoms with Crippen LogP contribution in [-0.2, 0) is 19.9 Å². The van der Waals surface area contributed by atoms with Gasteiger partial charge in [-0.15, -0.1) is 0 Å². The summed E-state index contributed by atoms with van der Waals surface area (Å²) >= 11 is 0.